The van der Waals surface area contributed by atoms with Gasteiger partial charge in [0, 0.05) is 5.56 Å². The van der Waals surface area contributed by atoms with Crippen LogP contribution in [0.25, 0.3) is 11.1 Å². The smallest absolute Gasteiger partial charge is 0.339 e. The molecule has 3 heteroatoms. The van der Waals surface area contributed by atoms with Gasteiger partial charge in [-0.15, -0.1) is 0 Å². The van der Waals surface area contributed by atoms with Gasteiger partial charge in [0.15, 0.2) is 0 Å². The molecule has 0 amide bonds. The van der Waals surface area contributed by atoms with Crippen LogP contribution in [-0.4, -0.2) is 16.2 Å². The summed E-state index contributed by atoms with van der Waals surface area (Å²) < 4.78 is 0. The number of benzene rings is 2. The highest BCUT2D eigenvalue weighted by molar-refractivity contribution is 5.93. The van der Waals surface area contributed by atoms with Crippen LogP contribution < -0.4 is 0 Å². The molecule has 3 nitrogen and oxygen atoms in total. The van der Waals surface area contributed by atoms with Gasteiger partial charge in [0.2, 0.25) is 0 Å². The normalized spacial score (nSPS) is 12.2. The van der Waals surface area contributed by atoms with E-state index in [1.54, 1.807) is 6.07 Å². The molecule has 24 heavy (non-hydrogen) atoms. The molecule has 0 saturated heterocycles. The fraction of sp³-hybridized carbons (Fsp3) is 0.381. The molecule has 0 atom stereocenters. The zero-order valence-electron chi connectivity index (χ0n) is 15.1. The molecule has 128 valence electrons. The molecule has 0 fully saturated rings. The first kappa shape index (κ1) is 18.1. The van der Waals surface area contributed by atoms with Crippen molar-refractivity contribution >= 4 is 5.97 Å². The van der Waals surface area contributed by atoms with Gasteiger partial charge < -0.3 is 10.2 Å². The van der Waals surface area contributed by atoms with Crippen LogP contribution in [0.4, 0.5) is 0 Å². The Morgan fingerprint density at radius 2 is 1.54 bits per heavy atom. The van der Waals surface area contributed by atoms with Crippen molar-refractivity contribution in [3.05, 3.63) is 53.6 Å². The molecule has 0 aromatic heterocycles. The molecule has 2 aromatic carbocycles. The molecule has 0 heterocycles. The van der Waals surface area contributed by atoms with E-state index in [-0.39, 0.29) is 22.1 Å². The number of aromatic hydroxyl groups is 1. The minimum Gasteiger partial charge on any atom is -0.507 e. The Morgan fingerprint density at radius 3 is 2.04 bits per heavy atom. The first-order valence-electron chi connectivity index (χ1n) is 8.17. The molecular formula is C21H26O3. The van der Waals surface area contributed by atoms with Crippen LogP contribution in [0.1, 0.15) is 57.0 Å². The number of carbonyl (C=O) groups is 1. The van der Waals surface area contributed by atoms with E-state index in [0.717, 1.165) is 17.5 Å². The van der Waals surface area contributed by atoms with E-state index in [9.17, 15) is 15.0 Å². The quantitative estimate of drug-likeness (QED) is 0.783. The van der Waals surface area contributed by atoms with E-state index >= 15 is 0 Å². The van der Waals surface area contributed by atoms with Gasteiger partial charge in [0.1, 0.15) is 11.3 Å². The predicted molar refractivity (Wildman–Crippen MR) is 97.6 cm³/mol. The van der Waals surface area contributed by atoms with Gasteiger partial charge in [-0.1, -0.05) is 65.0 Å². The zero-order valence-corrected chi connectivity index (χ0v) is 15.1. The van der Waals surface area contributed by atoms with Gasteiger partial charge in [-0.25, -0.2) is 4.79 Å². The fourth-order valence-corrected chi connectivity index (χ4v) is 3.53. The van der Waals surface area contributed by atoms with E-state index in [4.69, 9.17) is 0 Å². The summed E-state index contributed by atoms with van der Waals surface area (Å²) in [5, 5.41) is 20.1. The van der Waals surface area contributed by atoms with E-state index in [1.807, 2.05) is 50.2 Å². The van der Waals surface area contributed by atoms with Crippen LogP contribution in [0, 0.1) is 5.41 Å². The zero-order chi connectivity index (χ0) is 18.1. The molecule has 2 aromatic rings. The van der Waals surface area contributed by atoms with E-state index in [1.165, 1.54) is 0 Å². The summed E-state index contributed by atoms with van der Waals surface area (Å²) in [5.41, 5.74) is 2.08. The number of carboxylic acid groups (broad SMARTS) is 1. The SMILES string of the molecule is CC(C)(C)CC(C)(C)c1cc(-c2ccccc2)cc(C(=O)O)c1O. The van der Waals surface area contributed by atoms with Crippen molar-refractivity contribution in [1.82, 2.24) is 0 Å². The molecule has 0 radical (unpaired) electrons. The standard InChI is InChI=1S/C21H26O3/c1-20(2,3)13-21(4,5)17-12-15(14-9-7-6-8-10-14)11-16(18(17)22)19(23)24/h6-12,22H,13H2,1-5H3,(H,23,24). The van der Waals surface area contributed by atoms with Crippen LogP contribution in [0.3, 0.4) is 0 Å². The summed E-state index contributed by atoms with van der Waals surface area (Å²) in [6.45, 7) is 10.5. The third kappa shape index (κ3) is 3.97. The number of hydrogen-bond acceptors (Lipinski definition) is 2. The number of carboxylic acids is 1. The lowest BCUT2D eigenvalue weighted by molar-refractivity contribution is 0.0693. The number of aromatic carboxylic acids is 1. The topological polar surface area (TPSA) is 57.5 Å². The average Bonchev–Trinajstić information content (AvgIpc) is 2.45. The lowest BCUT2D eigenvalue weighted by Gasteiger charge is -2.34. The maximum absolute atomic E-state index is 11.6. The molecule has 2 N–H and O–H groups in total. The van der Waals surface area contributed by atoms with E-state index < -0.39 is 5.97 Å². The molecule has 2 rings (SSSR count). The molecule has 0 aliphatic rings. The van der Waals surface area contributed by atoms with Crippen molar-refractivity contribution in [2.45, 2.75) is 46.5 Å². The summed E-state index contributed by atoms with van der Waals surface area (Å²) in [5.74, 6) is -1.24. The molecule has 0 spiro atoms. The van der Waals surface area contributed by atoms with Crippen LogP contribution in [-0.2, 0) is 5.41 Å². The second-order valence-corrected chi connectivity index (χ2v) is 8.21. The number of hydrogen-bond donors (Lipinski definition) is 2. The Balaban J connectivity index is 2.67. The highest BCUT2D eigenvalue weighted by Gasteiger charge is 2.31. The molecule has 0 saturated carbocycles. The fourth-order valence-electron chi connectivity index (χ4n) is 3.53. The largest absolute Gasteiger partial charge is 0.507 e. The average molecular weight is 326 g/mol. The van der Waals surface area contributed by atoms with Crippen LogP contribution in [0.5, 0.6) is 5.75 Å². The van der Waals surface area contributed by atoms with Gasteiger partial charge in [-0.3, -0.25) is 0 Å². The van der Waals surface area contributed by atoms with Crippen LogP contribution >= 0.6 is 0 Å². The highest BCUT2D eigenvalue weighted by atomic mass is 16.4. The van der Waals surface area contributed by atoms with Crippen LogP contribution in [0.2, 0.25) is 0 Å². The van der Waals surface area contributed by atoms with Gasteiger partial charge in [0.05, 0.1) is 0 Å². The number of phenols is 1. The Bertz CT molecular complexity index is 738. The molecule has 0 aliphatic heterocycles. The number of rotatable bonds is 4. The van der Waals surface area contributed by atoms with Crippen molar-refractivity contribution in [2.75, 3.05) is 0 Å². The maximum Gasteiger partial charge on any atom is 0.339 e. The van der Waals surface area contributed by atoms with Gasteiger partial charge in [0.25, 0.3) is 0 Å². The molecule has 0 aliphatic carbocycles. The van der Waals surface area contributed by atoms with Crippen molar-refractivity contribution in [1.29, 1.82) is 0 Å². The molecular weight excluding hydrogens is 300 g/mol. The lowest BCUT2D eigenvalue weighted by atomic mass is 9.71. The summed E-state index contributed by atoms with van der Waals surface area (Å²) in [4.78, 5) is 11.6. The summed E-state index contributed by atoms with van der Waals surface area (Å²) >= 11 is 0. The predicted octanol–water partition coefficient (Wildman–Crippen LogP) is 5.47. The van der Waals surface area contributed by atoms with Crippen molar-refractivity contribution < 1.29 is 15.0 Å². The van der Waals surface area contributed by atoms with E-state index in [2.05, 4.69) is 20.8 Å². The van der Waals surface area contributed by atoms with Crippen molar-refractivity contribution in [3.8, 4) is 16.9 Å². The second kappa shape index (κ2) is 6.31. The van der Waals surface area contributed by atoms with Crippen molar-refractivity contribution in [3.63, 3.8) is 0 Å². The van der Waals surface area contributed by atoms with Gasteiger partial charge >= 0.3 is 5.97 Å². The molecule has 0 bridgehead atoms. The second-order valence-electron chi connectivity index (χ2n) is 8.21. The third-order valence-electron chi connectivity index (χ3n) is 4.15. The van der Waals surface area contributed by atoms with Crippen molar-refractivity contribution in [2.24, 2.45) is 5.41 Å². The monoisotopic (exact) mass is 326 g/mol. The minimum atomic E-state index is -1.11. The van der Waals surface area contributed by atoms with Crippen LogP contribution in [0.15, 0.2) is 42.5 Å². The summed E-state index contributed by atoms with van der Waals surface area (Å²) in [6, 6.07) is 13.1. The Hall–Kier alpha value is -2.29. The Morgan fingerprint density at radius 1 is 0.958 bits per heavy atom. The van der Waals surface area contributed by atoms with E-state index in [0.29, 0.717) is 5.56 Å². The Kier molecular flexibility index (Phi) is 4.75. The minimum absolute atomic E-state index is 0.0478. The highest BCUT2D eigenvalue weighted by Crippen LogP contribution is 2.43. The van der Waals surface area contributed by atoms with Gasteiger partial charge in [-0.2, -0.15) is 0 Å². The third-order valence-corrected chi connectivity index (χ3v) is 4.15. The first-order valence-corrected chi connectivity index (χ1v) is 8.17. The Labute approximate surface area is 144 Å². The first-order chi connectivity index (χ1) is 11.0. The summed E-state index contributed by atoms with van der Waals surface area (Å²) in [7, 11) is 0. The van der Waals surface area contributed by atoms with Gasteiger partial charge in [-0.05, 0) is 40.5 Å². The lowest BCUT2D eigenvalue weighted by Crippen LogP contribution is -2.25. The maximum atomic E-state index is 11.6. The summed E-state index contributed by atoms with van der Waals surface area (Å²) in [6.07, 6.45) is 0.824. The molecule has 0 unspecified atom stereocenters.